The van der Waals surface area contributed by atoms with Crippen molar-refractivity contribution in [3.8, 4) is 0 Å². The van der Waals surface area contributed by atoms with Crippen LogP contribution < -0.4 is 0 Å². The van der Waals surface area contributed by atoms with Crippen molar-refractivity contribution in [2.45, 2.75) is 58.8 Å². The lowest BCUT2D eigenvalue weighted by atomic mass is 9.98. The third-order valence-corrected chi connectivity index (χ3v) is 2.50. The zero-order valence-electron chi connectivity index (χ0n) is 8.88. The summed E-state index contributed by atoms with van der Waals surface area (Å²) in [6, 6.07) is 0. The molecule has 2 heteroatoms. The van der Waals surface area contributed by atoms with Crippen LogP contribution in [0.2, 0.25) is 0 Å². The number of rotatable bonds is 8. The monoisotopic (exact) mass is 186 g/mol. The van der Waals surface area contributed by atoms with Gasteiger partial charge >= 0.3 is 5.97 Å². The van der Waals surface area contributed by atoms with Crippen molar-refractivity contribution in [2.24, 2.45) is 5.92 Å². The van der Waals surface area contributed by atoms with Gasteiger partial charge in [-0.2, -0.15) is 0 Å². The van der Waals surface area contributed by atoms with Crippen molar-refractivity contribution in [1.29, 1.82) is 0 Å². The maximum Gasteiger partial charge on any atom is 0.306 e. The third kappa shape index (κ3) is 6.62. The molecule has 0 radical (unpaired) electrons. The normalized spacial score (nSPS) is 12.8. The van der Waals surface area contributed by atoms with Crippen molar-refractivity contribution in [3.05, 3.63) is 0 Å². The average molecular weight is 186 g/mol. The van der Waals surface area contributed by atoms with Crippen molar-refractivity contribution >= 4 is 5.97 Å². The van der Waals surface area contributed by atoms with E-state index in [1.54, 1.807) is 0 Å². The average Bonchev–Trinajstić information content (AvgIpc) is 2.10. The first kappa shape index (κ1) is 12.5. The van der Waals surface area contributed by atoms with Crippen LogP contribution in [0.5, 0.6) is 0 Å². The molecule has 0 bridgehead atoms. The van der Waals surface area contributed by atoms with Gasteiger partial charge in [0.1, 0.15) is 0 Å². The van der Waals surface area contributed by atoms with Crippen LogP contribution in [-0.4, -0.2) is 11.1 Å². The summed E-state index contributed by atoms with van der Waals surface area (Å²) in [6.07, 6.45) is 7.67. The van der Waals surface area contributed by atoms with E-state index in [4.69, 9.17) is 5.11 Å². The molecule has 0 aromatic carbocycles. The second-order valence-electron chi connectivity index (χ2n) is 3.65. The van der Waals surface area contributed by atoms with E-state index in [0.29, 0.717) is 0 Å². The Bertz CT molecular complexity index is 132. The molecule has 0 fully saturated rings. The molecule has 0 unspecified atom stereocenters. The van der Waals surface area contributed by atoms with E-state index >= 15 is 0 Å². The first-order chi connectivity index (χ1) is 6.22. The van der Waals surface area contributed by atoms with Crippen LogP contribution in [0.25, 0.3) is 0 Å². The van der Waals surface area contributed by atoms with Gasteiger partial charge < -0.3 is 5.11 Å². The highest BCUT2D eigenvalue weighted by atomic mass is 16.4. The van der Waals surface area contributed by atoms with Gasteiger partial charge in [0, 0.05) is 0 Å². The summed E-state index contributed by atoms with van der Waals surface area (Å²) in [5.41, 5.74) is 0. The van der Waals surface area contributed by atoms with E-state index < -0.39 is 5.97 Å². The second kappa shape index (κ2) is 8.09. The third-order valence-electron chi connectivity index (χ3n) is 2.50. The highest BCUT2D eigenvalue weighted by molar-refractivity contribution is 5.69. The summed E-state index contributed by atoms with van der Waals surface area (Å²) in [5, 5.41) is 8.78. The fourth-order valence-corrected chi connectivity index (χ4v) is 1.50. The molecule has 0 aromatic heterocycles. The van der Waals surface area contributed by atoms with Crippen LogP contribution in [0, 0.1) is 5.92 Å². The number of carbonyl (C=O) groups is 1. The Kier molecular flexibility index (Phi) is 7.76. The number of hydrogen-bond donors (Lipinski definition) is 1. The van der Waals surface area contributed by atoms with Crippen LogP contribution in [0.4, 0.5) is 0 Å². The maximum atomic E-state index is 10.7. The summed E-state index contributed by atoms with van der Waals surface area (Å²) in [6.45, 7) is 4.14. The topological polar surface area (TPSA) is 37.3 Å². The lowest BCUT2D eigenvalue weighted by molar-refractivity contribution is -0.142. The number of carboxylic acid groups (broad SMARTS) is 1. The molecule has 0 aliphatic heterocycles. The van der Waals surface area contributed by atoms with Gasteiger partial charge in [-0.1, -0.05) is 46.0 Å². The summed E-state index contributed by atoms with van der Waals surface area (Å²) in [5.74, 6) is -0.736. The van der Waals surface area contributed by atoms with Gasteiger partial charge in [0.2, 0.25) is 0 Å². The minimum Gasteiger partial charge on any atom is -0.481 e. The smallest absolute Gasteiger partial charge is 0.306 e. The molecule has 0 aliphatic rings. The van der Waals surface area contributed by atoms with E-state index in [1.807, 2.05) is 6.92 Å². The van der Waals surface area contributed by atoms with Crippen LogP contribution in [0.15, 0.2) is 0 Å². The molecule has 0 heterocycles. The number of carboxylic acids is 1. The lowest BCUT2D eigenvalue weighted by Gasteiger charge is -2.08. The van der Waals surface area contributed by atoms with E-state index in [9.17, 15) is 4.79 Å². The molecule has 1 N–H and O–H groups in total. The molecule has 1 atom stereocenters. The van der Waals surface area contributed by atoms with Gasteiger partial charge in [-0.3, -0.25) is 4.79 Å². The molecule has 78 valence electrons. The molecule has 0 spiro atoms. The van der Waals surface area contributed by atoms with Crippen LogP contribution in [0.3, 0.4) is 0 Å². The molecule has 0 saturated heterocycles. The van der Waals surface area contributed by atoms with Crippen LogP contribution in [0.1, 0.15) is 58.8 Å². The molecule has 0 amide bonds. The molecule has 0 aromatic rings. The molecular weight excluding hydrogens is 164 g/mol. The quantitative estimate of drug-likeness (QED) is 0.589. The van der Waals surface area contributed by atoms with Gasteiger partial charge in [0.25, 0.3) is 0 Å². The fourth-order valence-electron chi connectivity index (χ4n) is 1.50. The predicted octanol–water partition coefficient (Wildman–Crippen LogP) is 3.46. The number of unbranched alkanes of at least 4 members (excludes halogenated alkanes) is 4. The van der Waals surface area contributed by atoms with E-state index in [0.717, 1.165) is 19.3 Å². The Morgan fingerprint density at radius 2 is 1.77 bits per heavy atom. The standard InChI is InChI=1S/C11H22O2/c1-3-5-6-7-8-9-10(4-2)11(12)13/h10H,3-9H2,1-2H3,(H,12,13)/t10-/m0/s1. The Morgan fingerprint density at radius 1 is 1.15 bits per heavy atom. The number of aliphatic carboxylic acids is 1. The van der Waals surface area contributed by atoms with Crippen molar-refractivity contribution in [2.75, 3.05) is 0 Å². The van der Waals surface area contributed by atoms with Gasteiger partial charge in [0.05, 0.1) is 5.92 Å². The fraction of sp³-hybridized carbons (Fsp3) is 0.909. The first-order valence-corrected chi connectivity index (χ1v) is 5.45. The minimum absolute atomic E-state index is 0.110. The van der Waals surface area contributed by atoms with Crippen molar-refractivity contribution in [3.63, 3.8) is 0 Å². The lowest BCUT2D eigenvalue weighted by Crippen LogP contribution is -2.12. The molecule has 0 rings (SSSR count). The van der Waals surface area contributed by atoms with Crippen molar-refractivity contribution in [1.82, 2.24) is 0 Å². The summed E-state index contributed by atoms with van der Waals surface area (Å²) >= 11 is 0. The maximum absolute atomic E-state index is 10.7. The van der Waals surface area contributed by atoms with Gasteiger partial charge in [-0.15, -0.1) is 0 Å². The van der Waals surface area contributed by atoms with E-state index in [2.05, 4.69) is 6.92 Å². The highest BCUT2D eigenvalue weighted by Crippen LogP contribution is 2.14. The summed E-state index contributed by atoms with van der Waals surface area (Å²) in [4.78, 5) is 10.7. The Hall–Kier alpha value is -0.530. The molecule has 2 nitrogen and oxygen atoms in total. The van der Waals surface area contributed by atoms with Gasteiger partial charge in [-0.25, -0.2) is 0 Å². The van der Waals surface area contributed by atoms with Crippen LogP contribution in [-0.2, 0) is 4.79 Å². The molecule has 13 heavy (non-hydrogen) atoms. The minimum atomic E-state index is -0.627. The molecule has 0 saturated carbocycles. The Balaban J connectivity index is 3.33. The largest absolute Gasteiger partial charge is 0.481 e. The number of hydrogen-bond acceptors (Lipinski definition) is 1. The van der Waals surface area contributed by atoms with Crippen LogP contribution >= 0.6 is 0 Å². The summed E-state index contributed by atoms with van der Waals surface area (Å²) in [7, 11) is 0. The molecular formula is C11H22O2. The zero-order valence-corrected chi connectivity index (χ0v) is 8.88. The SMILES string of the molecule is CCCCCCC[C@H](CC)C(=O)O. The van der Waals surface area contributed by atoms with Crippen molar-refractivity contribution < 1.29 is 9.90 Å². The molecule has 0 aliphatic carbocycles. The first-order valence-electron chi connectivity index (χ1n) is 5.45. The summed E-state index contributed by atoms with van der Waals surface area (Å²) < 4.78 is 0. The predicted molar refractivity (Wildman–Crippen MR) is 54.8 cm³/mol. The Labute approximate surface area is 81.3 Å². The van der Waals surface area contributed by atoms with E-state index in [-0.39, 0.29) is 5.92 Å². The second-order valence-corrected chi connectivity index (χ2v) is 3.65. The van der Waals surface area contributed by atoms with Gasteiger partial charge in [0.15, 0.2) is 0 Å². The van der Waals surface area contributed by atoms with Gasteiger partial charge in [-0.05, 0) is 12.8 Å². The van der Waals surface area contributed by atoms with E-state index in [1.165, 1.54) is 25.7 Å². The highest BCUT2D eigenvalue weighted by Gasteiger charge is 2.13. The zero-order chi connectivity index (χ0) is 10.1. The Morgan fingerprint density at radius 3 is 2.23 bits per heavy atom.